The first-order valence-electron chi connectivity index (χ1n) is 6.34. The second kappa shape index (κ2) is 5.36. The molecule has 1 aromatic heterocycles. The molecule has 1 fully saturated rings. The van der Waals surface area contributed by atoms with Gasteiger partial charge >= 0.3 is 0 Å². The summed E-state index contributed by atoms with van der Waals surface area (Å²) in [5.41, 5.74) is 6.76. The molecular formula is C13H22N4. The van der Waals surface area contributed by atoms with Crippen LogP contribution >= 0.6 is 0 Å². The van der Waals surface area contributed by atoms with Gasteiger partial charge in [0.2, 0.25) is 0 Å². The Balaban J connectivity index is 2.12. The summed E-state index contributed by atoms with van der Waals surface area (Å²) < 4.78 is 0. The third kappa shape index (κ3) is 2.69. The molecule has 0 amide bonds. The van der Waals surface area contributed by atoms with E-state index >= 15 is 0 Å². The molecule has 2 atom stereocenters. The number of nitrogens with one attached hydrogen (secondary N) is 1. The van der Waals surface area contributed by atoms with Gasteiger partial charge in [-0.05, 0) is 32.0 Å². The van der Waals surface area contributed by atoms with Gasteiger partial charge in [0.15, 0.2) is 0 Å². The molecule has 0 bridgehead atoms. The highest BCUT2D eigenvalue weighted by Gasteiger charge is 2.27. The number of nitrogens with two attached hydrogens (primary N) is 1. The molecular weight excluding hydrogens is 212 g/mol. The summed E-state index contributed by atoms with van der Waals surface area (Å²) in [7, 11) is 4.20. The molecule has 1 aliphatic rings. The van der Waals surface area contributed by atoms with Crippen molar-refractivity contribution in [3.63, 3.8) is 0 Å². The van der Waals surface area contributed by atoms with Gasteiger partial charge in [-0.2, -0.15) is 0 Å². The Hall–Kier alpha value is -1.29. The Morgan fingerprint density at radius 1 is 1.35 bits per heavy atom. The summed E-state index contributed by atoms with van der Waals surface area (Å²) in [6.45, 7) is 0. The molecule has 1 saturated carbocycles. The van der Waals surface area contributed by atoms with Crippen molar-refractivity contribution in [1.29, 1.82) is 0 Å². The summed E-state index contributed by atoms with van der Waals surface area (Å²) in [6, 6.07) is 5.04. The zero-order valence-electron chi connectivity index (χ0n) is 10.7. The summed E-state index contributed by atoms with van der Waals surface area (Å²) in [5, 5.41) is 3.43. The number of anilines is 2. The number of nitrogens with zero attached hydrogens (tertiary/aromatic N) is 2. The predicted octanol–water partition coefficient (Wildman–Crippen LogP) is 1.63. The van der Waals surface area contributed by atoms with Crippen LogP contribution in [0.5, 0.6) is 0 Å². The number of nitrogen functional groups attached to an aromatic ring is 1. The lowest BCUT2D eigenvalue weighted by Crippen LogP contribution is -2.49. The van der Waals surface area contributed by atoms with E-state index in [4.69, 9.17) is 5.73 Å². The van der Waals surface area contributed by atoms with Gasteiger partial charge in [0.25, 0.3) is 0 Å². The van der Waals surface area contributed by atoms with Gasteiger partial charge in [-0.1, -0.05) is 12.8 Å². The van der Waals surface area contributed by atoms with Crippen molar-refractivity contribution < 1.29 is 0 Å². The number of rotatable bonds is 3. The lowest BCUT2D eigenvalue weighted by atomic mass is 9.89. The van der Waals surface area contributed by atoms with Crippen LogP contribution in [0.3, 0.4) is 0 Å². The molecule has 1 aromatic rings. The maximum absolute atomic E-state index is 5.62. The molecule has 0 aromatic carbocycles. The first-order valence-corrected chi connectivity index (χ1v) is 6.34. The van der Waals surface area contributed by atoms with Crippen molar-refractivity contribution >= 4 is 11.5 Å². The number of pyridine rings is 1. The highest BCUT2D eigenvalue weighted by atomic mass is 15.2. The molecule has 2 rings (SSSR count). The molecule has 0 saturated heterocycles. The van der Waals surface area contributed by atoms with Crippen LogP contribution in [0.25, 0.3) is 0 Å². The average Bonchev–Trinajstić information content (AvgIpc) is 2.39. The largest absolute Gasteiger partial charge is 0.384 e. The summed E-state index contributed by atoms with van der Waals surface area (Å²) >= 11 is 0. The van der Waals surface area contributed by atoms with Crippen molar-refractivity contribution in [2.45, 2.75) is 37.8 Å². The molecule has 4 heteroatoms. The molecule has 17 heavy (non-hydrogen) atoms. The van der Waals surface area contributed by atoms with E-state index in [9.17, 15) is 0 Å². The number of likely N-dealkylation sites (N-methyl/N-ethyl adjacent to an activating group) is 2. The molecule has 1 heterocycles. The molecule has 0 spiro atoms. The topological polar surface area (TPSA) is 54.2 Å². The second-order valence-corrected chi connectivity index (χ2v) is 4.80. The zero-order chi connectivity index (χ0) is 12.3. The van der Waals surface area contributed by atoms with Crippen molar-refractivity contribution in [2.24, 2.45) is 0 Å². The van der Waals surface area contributed by atoms with Crippen LogP contribution in [0.15, 0.2) is 18.3 Å². The van der Waals surface area contributed by atoms with Gasteiger partial charge in [0.05, 0.1) is 11.9 Å². The fourth-order valence-corrected chi connectivity index (χ4v) is 2.71. The lowest BCUT2D eigenvalue weighted by Gasteiger charge is -2.39. The van der Waals surface area contributed by atoms with Gasteiger partial charge in [0, 0.05) is 19.1 Å². The van der Waals surface area contributed by atoms with Gasteiger partial charge in [-0.3, -0.25) is 0 Å². The number of hydrogen-bond acceptors (Lipinski definition) is 4. The van der Waals surface area contributed by atoms with Gasteiger partial charge in [-0.15, -0.1) is 0 Å². The van der Waals surface area contributed by atoms with E-state index in [2.05, 4.69) is 29.3 Å². The Labute approximate surface area is 103 Å². The Bertz CT molecular complexity index is 349. The number of hydrogen-bond donors (Lipinski definition) is 2. The monoisotopic (exact) mass is 234 g/mol. The zero-order valence-corrected chi connectivity index (χ0v) is 10.7. The Morgan fingerprint density at radius 3 is 2.76 bits per heavy atom. The third-order valence-electron chi connectivity index (χ3n) is 3.78. The summed E-state index contributed by atoms with van der Waals surface area (Å²) in [5.74, 6) is 0.580. The van der Waals surface area contributed by atoms with Crippen molar-refractivity contribution in [2.75, 3.05) is 24.7 Å². The standard InChI is InChI=1S/C13H22N4/c1-15-11-5-3-4-6-12(11)17(2)10-7-8-13(14)16-9-10/h7-9,11-12,15H,3-6H2,1-2H3,(H2,14,16)/t11-,12-/m0/s1. The molecule has 0 radical (unpaired) electrons. The van der Waals surface area contributed by atoms with E-state index in [0.29, 0.717) is 17.9 Å². The normalized spacial score (nSPS) is 24.6. The first-order chi connectivity index (χ1) is 8.22. The van der Waals surface area contributed by atoms with E-state index in [1.165, 1.54) is 25.7 Å². The quantitative estimate of drug-likeness (QED) is 0.834. The fourth-order valence-electron chi connectivity index (χ4n) is 2.71. The van der Waals surface area contributed by atoms with E-state index in [1.54, 1.807) is 0 Å². The van der Waals surface area contributed by atoms with Gasteiger partial charge < -0.3 is 16.0 Å². The maximum atomic E-state index is 5.62. The molecule has 0 aliphatic heterocycles. The lowest BCUT2D eigenvalue weighted by molar-refractivity contribution is 0.335. The van der Waals surface area contributed by atoms with E-state index < -0.39 is 0 Å². The van der Waals surface area contributed by atoms with Crippen LogP contribution in [0.4, 0.5) is 11.5 Å². The van der Waals surface area contributed by atoms with Gasteiger partial charge in [0.1, 0.15) is 5.82 Å². The fraction of sp³-hybridized carbons (Fsp3) is 0.615. The average molecular weight is 234 g/mol. The van der Waals surface area contributed by atoms with Crippen LogP contribution in [0, 0.1) is 0 Å². The minimum atomic E-state index is 0.555. The predicted molar refractivity (Wildman–Crippen MR) is 72.2 cm³/mol. The highest BCUT2D eigenvalue weighted by molar-refractivity contribution is 5.48. The molecule has 94 valence electrons. The van der Waals surface area contributed by atoms with Crippen LogP contribution < -0.4 is 16.0 Å². The molecule has 3 N–H and O–H groups in total. The highest BCUT2D eigenvalue weighted by Crippen LogP contribution is 2.26. The van der Waals surface area contributed by atoms with E-state index in [1.807, 2.05) is 18.3 Å². The Morgan fingerprint density at radius 2 is 2.12 bits per heavy atom. The molecule has 1 aliphatic carbocycles. The van der Waals surface area contributed by atoms with E-state index in [-0.39, 0.29) is 0 Å². The van der Waals surface area contributed by atoms with Crippen LogP contribution in [-0.4, -0.2) is 31.2 Å². The first kappa shape index (κ1) is 12.2. The van der Waals surface area contributed by atoms with Crippen LogP contribution in [0.2, 0.25) is 0 Å². The van der Waals surface area contributed by atoms with Crippen molar-refractivity contribution in [3.8, 4) is 0 Å². The minimum absolute atomic E-state index is 0.555. The molecule has 0 unspecified atom stereocenters. The third-order valence-corrected chi connectivity index (χ3v) is 3.78. The smallest absolute Gasteiger partial charge is 0.123 e. The van der Waals surface area contributed by atoms with Crippen LogP contribution in [0.1, 0.15) is 25.7 Å². The second-order valence-electron chi connectivity index (χ2n) is 4.80. The minimum Gasteiger partial charge on any atom is -0.384 e. The SMILES string of the molecule is CN[C@H]1CCCC[C@@H]1N(C)c1ccc(N)nc1. The number of aromatic nitrogens is 1. The molecule has 4 nitrogen and oxygen atoms in total. The van der Waals surface area contributed by atoms with E-state index in [0.717, 1.165) is 5.69 Å². The van der Waals surface area contributed by atoms with Crippen molar-refractivity contribution in [3.05, 3.63) is 18.3 Å². The summed E-state index contributed by atoms with van der Waals surface area (Å²) in [4.78, 5) is 6.49. The van der Waals surface area contributed by atoms with Gasteiger partial charge in [-0.25, -0.2) is 4.98 Å². The van der Waals surface area contributed by atoms with Crippen molar-refractivity contribution in [1.82, 2.24) is 10.3 Å². The van der Waals surface area contributed by atoms with Crippen LogP contribution in [-0.2, 0) is 0 Å². The summed E-state index contributed by atoms with van der Waals surface area (Å²) in [6.07, 6.45) is 7.00. The maximum Gasteiger partial charge on any atom is 0.123 e. The Kier molecular flexibility index (Phi) is 3.84.